The van der Waals surface area contributed by atoms with Crippen molar-refractivity contribution in [1.29, 1.82) is 0 Å². The van der Waals surface area contributed by atoms with E-state index in [0.29, 0.717) is 11.5 Å². The lowest BCUT2D eigenvalue weighted by Crippen LogP contribution is -2.18. The molecule has 2 rings (SSSR count). The first kappa shape index (κ1) is 13.2. The summed E-state index contributed by atoms with van der Waals surface area (Å²) in [5, 5.41) is 7.92. The van der Waals surface area contributed by atoms with E-state index in [2.05, 4.69) is 73.2 Å². The van der Waals surface area contributed by atoms with E-state index in [-0.39, 0.29) is 0 Å². The standard InChI is InChI=1S/C16H21NS/c1-16(2,3)11-15(13-7-5-4-6-8-13)17-14-9-10-18-12-14/h4-10,12,15,17H,11H2,1-3H3. The Morgan fingerprint density at radius 1 is 1.11 bits per heavy atom. The highest BCUT2D eigenvalue weighted by molar-refractivity contribution is 7.08. The molecular formula is C16H21NS. The molecule has 0 bridgehead atoms. The molecule has 0 amide bonds. The Hall–Kier alpha value is -1.28. The molecule has 0 radical (unpaired) electrons. The van der Waals surface area contributed by atoms with E-state index in [0.717, 1.165) is 6.42 Å². The quantitative estimate of drug-likeness (QED) is 0.781. The molecule has 1 N–H and O–H groups in total. The highest BCUT2D eigenvalue weighted by atomic mass is 32.1. The van der Waals surface area contributed by atoms with Crippen LogP contribution in [0.25, 0.3) is 0 Å². The molecule has 0 fully saturated rings. The Morgan fingerprint density at radius 3 is 2.39 bits per heavy atom. The first-order valence-electron chi connectivity index (χ1n) is 6.38. The monoisotopic (exact) mass is 259 g/mol. The molecule has 1 heterocycles. The van der Waals surface area contributed by atoms with Gasteiger partial charge < -0.3 is 5.32 Å². The smallest absolute Gasteiger partial charge is 0.0519 e. The molecular weight excluding hydrogens is 238 g/mol. The van der Waals surface area contributed by atoms with Crippen molar-refractivity contribution in [2.45, 2.75) is 33.2 Å². The molecule has 0 saturated heterocycles. The molecule has 0 spiro atoms. The van der Waals surface area contributed by atoms with Gasteiger partial charge in [-0.25, -0.2) is 0 Å². The van der Waals surface area contributed by atoms with Gasteiger partial charge in [0.1, 0.15) is 0 Å². The van der Waals surface area contributed by atoms with Crippen molar-refractivity contribution in [2.75, 3.05) is 5.32 Å². The second-order valence-corrected chi connectivity index (χ2v) is 6.66. The average molecular weight is 259 g/mol. The molecule has 1 aromatic carbocycles. The lowest BCUT2D eigenvalue weighted by molar-refractivity contribution is 0.352. The van der Waals surface area contributed by atoms with E-state index >= 15 is 0 Å². The molecule has 2 heteroatoms. The van der Waals surface area contributed by atoms with E-state index in [1.807, 2.05) is 0 Å². The van der Waals surface area contributed by atoms with Gasteiger partial charge in [-0.3, -0.25) is 0 Å². The van der Waals surface area contributed by atoms with Crippen molar-refractivity contribution < 1.29 is 0 Å². The Labute approximate surface area is 114 Å². The fourth-order valence-corrected chi connectivity index (χ4v) is 2.69. The van der Waals surface area contributed by atoms with Crippen LogP contribution in [-0.4, -0.2) is 0 Å². The Balaban J connectivity index is 2.18. The number of benzene rings is 1. The Kier molecular flexibility index (Phi) is 4.07. The van der Waals surface area contributed by atoms with Gasteiger partial charge in [-0.15, -0.1) is 0 Å². The minimum absolute atomic E-state index is 0.309. The van der Waals surface area contributed by atoms with Crippen LogP contribution < -0.4 is 5.32 Å². The topological polar surface area (TPSA) is 12.0 Å². The van der Waals surface area contributed by atoms with Crippen LogP contribution in [0, 0.1) is 5.41 Å². The van der Waals surface area contributed by atoms with Crippen LogP contribution in [0.2, 0.25) is 0 Å². The number of anilines is 1. The maximum Gasteiger partial charge on any atom is 0.0519 e. The lowest BCUT2D eigenvalue weighted by Gasteiger charge is -2.27. The van der Waals surface area contributed by atoms with Crippen LogP contribution in [0.5, 0.6) is 0 Å². The molecule has 0 aliphatic heterocycles. The predicted octanol–water partition coefficient (Wildman–Crippen LogP) is 5.34. The van der Waals surface area contributed by atoms with E-state index in [1.165, 1.54) is 11.3 Å². The van der Waals surface area contributed by atoms with Gasteiger partial charge in [-0.05, 0) is 28.8 Å². The van der Waals surface area contributed by atoms with Gasteiger partial charge in [0.15, 0.2) is 0 Å². The van der Waals surface area contributed by atoms with E-state index in [9.17, 15) is 0 Å². The molecule has 1 atom stereocenters. The van der Waals surface area contributed by atoms with Gasteiger partial charge in [-0.1, -0.05) is 51.1 Å². The van der Waals surface area contributed by atoms with Crippen LogP contribution in [0.4, 0.5) is 5.69 Å². The van der Waals surface area contributed by atoms with Gasteiger partial charge in [0, 0.05) is 11.1 Å². The normalized spacial score (nSPS) is 13.3. The lowest BCUT2D eigenvalue weighted by atomic mass is 9.85. The molecule has 96 valence electrons. The number of hydrogen-bond donors (Lipinski definition) is 1. The van der Waals surface area contributed by atoms with Gasteiger partial charge in [0.2, 0.25) is 0 Å². The Morgan fingerprint density at radius 2 is 1.83 bits per heavy atom. The summed E-state index contributed by atoms with van der Waals surface area (Å²) in [6.45, 7) is 6.87. The first-order chi connectivity index (χ1) is 8.54. The van der Waals surface area contributed by atoms with E-state index in [4.69, 9.17) is 0 Å². The van der Waals surface area contributed by atoms with Crippen molar-refractivity contribution in [3.05, 3.63) is 52.7 Å². The highest BCUT2D eigenvalue weighted by Crippen LogP contribution is 2.32. The van der Waals surface area contributed by atoms with Gasteiger partial charge in [0.05, 0.1) is 6.04 Å². The zero-order valence-electron chi connectivity index (χ0n) is 11.3. The summed E-state index contributed by atoms with van der Waals surface area (Å²) in [7, 11) is 0. The Bertz CT molecular complexity index is 454. The van der Waals surface area contributed by atoms with Crippen LogP contribution >= 0.6 is 11.3 Å². The molecule has 0 aliphatic rings. The van der Waals surface area contributed by atoms with Gasteiger partial charge in [0.25, 0.3) is 0 Å². The van der Waals surface area contributed by atoms with Crippen LogP contribution in [0.3, 0.4) is 0 Å². The van der Waals surface area contributed by atoms with Crippen molar-refractivity contribution in [2.24, 2.45) is 5.41 Å². The SMILES string of the molecule is CC(C)(C)CC(Nc1ccsc1)c1ccccc1. The summed E-state index contributed by atoms with van der Waals surface area (Å²) in [6.07, 6.45) is 1.12. The second-order valence-electron chi connectivity index (χ2n) is 5.88. The summed E-state index contributed by atoms with van der Waals surface area (Å²) >= 11 is 1.73. The summed E-state index contributed by atoms with van der Waals surface area (Å²) < 4.78 is 0. The zero-order valence-corrected chi connectivity index (χ0v) is 12.1. The zero-order chi connectivity index (χ0) is 13.0. The summed E-state index contributed by atoms with van der Waals surface area (Å²) in [4.78, 5) is 0. The summed E-state index contributed by atoms with van der Waals surface area (Å²) in [5.41, 5.74) is 2.89. The summed E-state index contributed by atoms with van der Waals surface area (Å²) in [5.74, 6) is 0. The molecule has 1 aromatic heterocycles. The predicted molar refractivity (Wildman–Crippen MR) is 81.2 cm³/mol. The molecule has 0 saturated carbocycles. The highest BCUT2D eigenvalue weighted by Gasteiger charge is 2.20. The van der Waals surface area contributed by atoms with Crippen molar-refractivity contribution in [3.8, 4) is 0 Å². The molecule has 18 heavy (non-hydrogen) atoms. The second kappa shape index (κ2) is 5.57. The van der Waals surface area contributed by atoms with Crippen molar-refractivity contribution in [1.82, 2.24) is 0 Å². The number of rotatable bonds is 4. The molecule has 1 nitrogen and oxygen atoms in total. The average Bonchev–Trinajstić information content (AvgIpc) is 2.80. The third-order valence-corrected chi connectivity index (χ3v) is 3.56. The first-order valence-corrected chi connectivity index (χ1v) is 7.32. The molecule has 1 unspecified atom stereocenters. The van der Waals surface area contributed by atoms with Gasteiger partial charge in [-0.2, -0.15) is 11.3 Å². The molecule has 2 aromatic rings. The number of nitrogens with one attached hydrogen (secondary N) is 1. The minimum Gasteiger partial charge on any atom is -0.378 e. The van der Waals surface area contributed by atoms with Crippen molar-refractivity contribution >= 4 is 17.0 Å². The third-order valence-electron chi connectivity index (χ3n) is 2.88. The van der Waals surface area contributed by atoms with Crippen LogP contribution in [-0.2, 0) is 0 Å². The minimum atomic E-state index is 0.309. The maximum atomic E-state index is 3.64. The van der Waals surface area contributed by atoms with E-state index < -0.39 is 0 Å². The van der Waals surface area contributed by atoms with Crippen LogP contribution in [0.15, 0.2) is 47.2 Å². The fraction of sp³-hybridized carbons (Fsp3) is 0.375. The van der Waals surface area contributed by atoms with Gasteiger partial charge >= 0.3 is 0 Å². The van der Waals surface area contributed by atoms with Crippen molar-refractivity contribution in [3.63, 3.8) is 0 Å². The largest absolute Gasteiger partial charge is 0.378 e. The third kappa shape index (κ3) is 3.88. The van der Waals surface area contributed by atoms with Crippen LogP contribution in [0.1, 0.15) is 38.8 Å². The maximum absolute atomic E-state index is 3.64. The fourth-order valence-electron chi connectivity index (χ4n) is 2.10. The molecule has 0 aliphatic carbocycles. The van der Waals surface area contributed by atoms with E-state index in [1.54, 1.807) is 11.3 Å². The number of thiophene rings is 1. The summed E-state index contributed by atoms with van der Waals surface area (Å²) in [6, 6.07) is 13.2. The number of hydrogen-bond acceptors (Lipinski definition) is 2.